The molecular weight excluding hydrogens is 308 g/mol. The van der Waals surface area contributed by atoms with Gasteiger partial charge in [0.15, 0.2) is 0 Å². The summed E-state index contributed by atoms with van der Waals surface area (Å²) in [5.41, 5.74) is 3.04. The first-order valence-electron chi connectivity index (χ1n) is 7.96. The number of hydrogen-bond donors (Lipinski definition) is 0. The second-order valence-electron chi connectivity index (χ2n) is 5.56. The predicted octanol–water partition coefficient (Wildman–Crippen LogP) is 5.79. The molecule has 0 atom stereocenters. The van der Waals surface area contributed by atoms with E-state index in [1.54, 1.807) is 0 Å². The summed E-state index contributed by atoms with van der Waals surface area (Å²) < 4.78 is 5.38. The molecule has 1 aromatic heterocycles. The van der Waals surface area contributed by atoms with Crippen molar-refractivity contribution in [2.45, 2.75) is 32.6 Å². The van der Waals surface area contributed by atoms with Gasteiger partial charge in [-0.3, -0.25) is 0 Å². The number of rotatable bonds is 6. The second kappa shape index (κ2) is 7.42. The predicted molar refractivity (Wildman–Crippen MR) is 93.4 cm³/mol. The zero-order valence-corrected chi connectivity index (χ0v) is 13.9. The number of halogens is 1. The molecule has 23 heavy (non-hydrogen) atoms. The van der Waals surface area contributed by atoms with Crippen molar-refractivity contribution in [3.63, 3.8) is 0 Å². The fourth-order valence-corrected chi connectivity index (χ4v) is 2.71. The maximum absolute atomic E-state index is 6.17. The number of unbranched alkanes of at least 4 members (excludes halogenated alkanes) is 2. The van der Waals surface area contributed by atoms with E-state index in [0.29, 0.717) is 16.7 Å². The van der Waals surface area contributed by atoms with Crippen LogP contribution in [-0.2, 0) is 6.42 Å². The summed E-state index contributed by atoms with van der Waals surface area (Å²) in [6.45, 7) is 2.22. The Morgan fingerprint density at radius 2 is 1.78 bits per heavy atom. The lowest BCUT2D eigenvalue weighted by Gasteiger charge is -2.01. The molecule has 0 saturated carbocycles. The third kappa shape index (κ3) is 3.80. The Balaban J connectivity index is 1.77. The first-order chi connectivity index (χ1) is 11.3. The standard InChI is InChI=1S/C19H19ClN2O/c1-2-3-4-7-14-10-12-15(13-11-14)19-21-18(22-23-19)16-8-5-6-9-17(16)20/h5-6,8-13H,2-4,7H2,1H3. The van der Waals surface area contributed by atoms with Crippen molar-refractivity contribution < 1.29 is 4.52 Å². The van der Waals surface area contributed by atoms with Crippen molar-refractivity contribution in [3.8, 4) is 22.8 Å². The Labute approximate surface area is 141 Å². The molecule has 0 saturated heterocycles. The van der Waals surface area contributed by atoms with E-state index in [0.717, 1.165) is 17.5 Å². The molecule has 0 amide bonds. The Hall–Kier alpha value is -2.13. The number of aromatic nitrogens is 2. The number of aryl methyl sites for hydroxylation is 1. The fraction of sp³-hybridized carbons (Fsp3) is 0.263. The molecule has 0 bridgehead atoms. The summed E-state index contributed by atoms with van der Waals surface area (Å²) in [6, 6.07) is 15.8. The Morgan fingerprint density at radius 3 is 2.52 bits per heavy atom. The summed E-state index contributed by atoms with van der Waals surface area (Å²) in [4.78, 5) is 4.45. The van der Waals surface area contributed by atoms with Gasteiger partial charge in [-0.05, 0) is 42.7 Å². The number of benzene rings is 2. The molecule has 0 aliphatic rings. The molecule has 3 rings (SSSR count). The summed E-state index contributed by atoms with van der Waals surface area (Å²) >= 11 is 6.17. The van der Waals surface area contributed by atoms with Crippen LogP contribution in [0.4, 0.5) is 0 Å². The molecule has 0 N–H and O–H groups in total. The van der Waals surface area contributed by atoms with Gasteiger partial charge in [0.2, 0.25) is 5.82 Å². The highest BCUT2D eigenvalue weighted by Gasteiger charge is 2.12. The zero-order valence-electron chi connectivity index (χ0n) is 13.1. The van der Waals surface area contributed by atoms with Crippen LogP contribution in [0.3, 0.4) is 0 Å². The normalized spacial score (nSPS) is 10.9. The van der Waals surface area contributed by atoms with Crippen molar-refractivity contribution >= 4 is 11.6 Å². The molecule has 118 valence electrons. The molecule has 4 heteroatoms. The van der Waals surface area contributed by atoms with Crippen LogP contribution in [0.15, 0.2) is 53.1 Å². The molecule has 0 spiro atoms. The SMILES string of the molecule is CCCCCc1ccc(-c2nc(-c3ccccc3Cl)no2)cc1. The van der Waals surface area contributed by atoms with E-state index in [1.165, 1.54) is 24.8 Å². The topological polar surface area (TPSA) is 38.9 Å². The van der Waals surface area contributed by atoms with Crippen LogP contribution in [0.5, 0.6) is 0 Å². The van der Waals surface area contributed by atoms with E-state index in [-0.39, 0.29) is 0 Å². The minimum atomic E-state index is 0.512. The maximum Gasteiger partial charge on any atom is 0.258 e. The molecule has 0 aliphatic heterocycles. The maximum atomic E-state index is 6.17. The van der Waals surface area contributed by atoms with Crippen LogP contribution in [0, 0.1) is 0 Å². The highest BCUT2D eigenvalue weighted by atomic mass is 35.5. The van der Waals surface area contributed by atoms with Crippen LogP contribution in [0.25, 0.3) is 22.8 Å². The van der Waals surface area contributed by atoms with E-state index < -0.39 is 0 Å². The molecule has 3 aromatic rings. The van der Waals surface area contributed by atoms with Gasteiger partial charge < -0.3 is 4.52 Å². The largest absolute Gasteiger partial charge is 0.334 e. The highest BCUT2D eigenvalue weighted by Crippen LogP contribution is 2.27. The zero-order chi connectivity index (χ0) is 16.1. The average Bonchev–Trinajstić information content (AvgIpc) is 3.06. The van der Waals surface area contributed by atoms with Crippen LogP contribution in [0.1, 0.15) is 31.7 Å². The first-order valence-corrected chi connectivity index (χ1v) is 8.33. The van der Waals surface area contributed by atoms with Crippen molar-refractivity contribution in [2.24, 2.45) is 0 Å². The lowest BCUT2D eigenvalue weighted by atomic mass is 10.1. The van der Waals surface area contributed by atoms with E-state index in [4.69, 9.17) is 16.1 Å². The summed E-state index contributed by atoms with van der Waals surface area (Å²) in [6.07, 6.45) is 4.85. The minimum absolute atomic E-state index is 0.512. The van der Waals surface area contributed by atoms with Gasteiger partial charge in [-0.2, -0.15) is 4.98 Å². The van der Waals surface area contributed by atoms with Crippen molar-refractivity contribution in [1.29, 1.82) is 0 Å². The van der Waals surface area contributed by atoms with Gasteiger partial charge in [-0.15, -0.1) is 0 Å². The lowest BCUT2D eigenvalue weighted by Crippen LogP contribution is -1.86. The summed E-state index contributed by atoms with van der Waals surface area (Å²) in [7, 11) is 0. The van der Waals surface area contributed by atoms with Gasteiger partial charge in [0.25, 0.3) is 5.89 Å². The molecule has 0 radical (unpaired) electrons. The van der Waals surface area contributed by atoms with E-state index in [9.17, 15) is 0 Å². The lowest BCUT2D eigenvalue weighted by molar-refractivity contribution is 0.432. The third-order valence-electron chi connectivity index (χ3n) is 3.81. The molecule has 0 aliphatic carbocycles. The van der Waals surface area contributed by atoms with Crippen molar-refractivity contribution in [3.05, 3.63) is 59.1 Å². The van der Waals surface area contributed by atoms with E-state index in [2.05, 4.69) is 29.2 Å². The molecule has 0 fully saturated rings. The van der Waals surface area contributed by atoms with Crippen LogP contribution < -0.4 is 0 Å². The van der Waals surface area contributed by atoms with Crippen LogP contribution >= 0.6 is 11.6 Å². The summed E-state index contributed by atoms with van der Waals surface area (Å²) in [5.74, 6) is 1.03. The molecule has 1 heterocycles. The van der Waals surface area contributed by atoms with Gasteiger partial charge in [0, 0.05) is 11.1 Å². The fourth-order valence-electron chi connectivity index (χ4n) is 2.49. The number of nitrogens with zero attached hydrogens (tertiary/aromatic N) is 2. The Kier molecular flexibility index (Phi) is 5.09. The first kappa shape index (κ1) is 15.8. The van der Waals surface area contributed by atoms with Gasteiger partial charge in [-0.25, -0.2) is 0 Å². The highest BCUT2D eigenvalue weighted by molar-refractivity contribution is 6.33. The van der Waals surface area contributed by atoms with E-state index in [1.807, 2.05) is 36.4 Å². The second-order valence-corrected chi connectivity index (χ2v) is 5.96. The third-order valence-corrected chi connectivity index (χ3v) is 4.14. The van der Waals surface area contributed by atoms with Crippen molar-refractivity contribution in [2.75, 3.05) is 0 Å². The molecule has 0 unspecified atom stereocenters. The molecule has 3 nitrogen and oxygen atoms in total. The van der Waals surface area contributed by atoms with Gasteiger partial charge >= 0.3 is 0 Å². The molecule has 2 aromatic carbocycles. The van der Waals surface area contributed by atoms with Crippen molar-refractivity contribution in [1.82, 2.24) is 10.1 Å². The quantitative estimate of drug-likeness (QED) is 0.538. The Bertz CT molecular complexity index is 765. The van der Waals surface area contributed by atoms with Gasteiger partial charge in [-0.1, -0.05) is 60.8 Å². The minimum Gasteiger partial charge on any atom is -0.334 e. The number of hydrogen-bond acceptors (Lipinski definition) is 3. The summed E-state index contributed by atoms with van der Waals surface area (Å²) in [5, 5.41) is 4.65. The van der Waals surface area contributed by atoms with Gasteiger partial charge in [0.05, 0.1) is 5.02 Å². The van der Waals surface area contributed by atoms with Crippen LogP contribution in [-0.4, -0.2) is 10.1 Å². The monoisotopic (exact) mass is 326 g/mol. The Morgan fingerprint density at radius 1 is 1.00 bits per heavy atom. The van der Waals surface area contributed by atoms with Crippen LogP contribution in [0.2, 0.25) is 5.02 Å². The smallest absolute Gasteiger partial charge is 0.258 e. The van der Waals surface area contributed by atoms with Gasteiger partial charge in [0.1, 0.15) is 0 Å². The van der Waals surface area contributed by atoms with E-state index >= 15 is 0 Å². The molecular formula is C19H19ClN2O. The average molecular weight is 327 g/mol.